The van der Waals surface area contributed by atoms with Gasteiger partial charge >= 0.3 is 12.1 Å². The molecule has 0 radical (unpaired) electrons. The number of hydrogen-bond donors (Lipinski definition) is 1. The van der Waals surface area contributed by atoms with Crippen LogP contribution in [0.1, 0.15) is 44.2 Å². The highest BCUT2D eigenvalue weighted by Gasteiger charge is 2.50. The van der Waals surface area contributed by atoms with Gasteiger partial charge in [-0.05, 0) is 45.7 Å². The molecule has 3 fully saturated rings. The third-order valence-corrected chi connectivity index (χ3v) is 9.17. The molecule has 0 amide bonds. The molecule has 14 heteroatoms. The Morgan fingerprint density at radius 3 is 2.35 bits per heavy atom. The molecular weight excluding hydrogens is 501 g/mol. The molecule has 1 aliphatic carbocycles. The van der Waals surface area contributed by atoms with Crippen LogP contribution in [0.2, 0.25) is 5.15 Å². The number of aliphatic carboxylic acids is 1. The van der Waals surface area contributed by atoms with Crippen molar-refractivity contribution < 1.29 is 36.2 Å². The lowest BCUT2D eigenvalue weighted by molar-refractivity contribution is -0.192. The minimum atomic E-state index is -5.08. The minimum absolute atomic E-state index is 0.136. The standard InChI is InChI=1S/C18H29ClN4O3S.C2HF3O2/c1-14-16(17(19)21(2)20-14)27(24,25)23-11-12-26-18(13-23)8-4-3-7-15(18)22-9-5-6-10-22;3-2(4,5)1(6)7/h15H,3-13H2,1-2H3;(H,6,7). The van der Waals surface area contributed by atoms with Crippen molar-refractivity contribution in [3.8, 4) is 0 Å². The van der Waals surface area contributed by atoms with Gasteiger partial charge in [0.2, 0.25) is 10.0 Å². The van der Waals surface area contributed by atoms with Crippen molar-refractivity contribution in [2.24, 2.45) is 7.05 Å². The summed E-state index contributed by atoms with van der Waals surface area (Å²) in [5.41, 5.74) is 0.0408. The van der Waals surface area contributed by atoms with E-state index >= 15 is 0 Å². The van der Waals surface area contributed by atoms with E-state index in [9.17, 15) is 21.6 Å². The predicted octanol–water partition coefficient (Wildman–Crippen LogP) is 2.81. The van der Waals surface area contributed by atoms with E-state index in [0.29, 0.717) is 31.4 Å². The van der Waals surface area contributed by atoms with E-state index in [1.807, 2.05) is 0 Å². The summed E-state index contributed by atoms with van der Waals surface area (Å²) in [4.78, 5) is 11.6. The fraction of sp³-hybridized carbons (Fsp3) is 0.800. The summed E-state index contributed by atoms with van der Waals surface area (Å²) in [6.45, 7) is 5.08. The number of morpholine rings is 1. The smallest absolute Gasteiger partial charge is 0.475 e. The van der Waals surface area contributed by atoms with Gasteiger partial charge in [0.05, 0.1) is 17.9 Å². The first-order chi connectivity index (χ1) is 15.8. The van der Waals surface area contributed by atoms with Gasteiger partial charge in [0.15, 0.2) is 0 Å². The molecule has 0 aromatic carbocycles. The molecule has 1 spiro atoms. The third kappa shape index (κ3) is 5.53. The Kier molecular flexibility index (Phi) is 8.23. The fourth-order valence-corrected chi connectivity index (χ4v) is 7.31. The summed E-state index contributed by atoms with van der Waals surface area (Å²) in [6, 6.07) is 0.303. The van der Waals surface area contributed by atoms with Gasteiger partial charge in [-0.3, -0.25) is 9.58 Å². The maximum atomic E-state index is 13.4. The Morgan fingerprint density at radius 2 is 1.82 bits per heavy atom. The van der Waals surface area contributed by atoms with E-state index in [1.165, 1.54) is 23.9 Å². The number of rotatable bonds is 3. The number of aryl methyl sites for hydroxylation is 2. The number of nitrogens with zero attached hydrogens (tertiary/aromatic N) is 4. The maximum absolute atomic E-state index is 13.4. The molecule has 0 bridgehead atoms. The van der Waals surface area contributed by atoms with E-state index in [2.05, 4.69) is 10.00 Å². The molecule has 1 saturated carbocycles. The van der Waals surface area contributed by atoms with Crippen LogP contribution in [-0.2, 0) is 26.6 Å². The number of alkyl halides is 3. The van der Waals surface area contributed by atoms with Crippen LogP contribution in [0.5, 0.6) is 0 Å². The second kappa shape index (κ2) is 10.3. The Hall–Kier alpha value is -1.41. The number of likely N-dealkylation sites (tertiary alicyclic amines) is 1. The number of carboxylic acids is 1. The van der Waals surface area contributed by atoms with Gasteiger partial charge in [0, 0.05) is 26.2 Å². The zero-order valence-electron chi connectivity index (χ0n) is 19.1. The molecule has 1 N–H and O–H groups in total. The number of sulfonamides is 1. The zero-order valence-corrected chi connectivity index (χ0v) is 20.7. The van der Waals surface area contributed by atoms with Gasteiger partial charge in [0.25, 0.3) is 0 Å². The molecule has 9 nitrogen and oxygen atoms in total. The number of ether oxygens (including phenoxy) is 1. The summed E-state index contributed by atoms with van der Waals surface area (Å²) in [5, 5.41) is 11.5. The molecule has 2 atom stereocenters. The molecule has 194 valence electrons. The summed E-state index contributed by atoms with van der Waals surface area (Å²) in [5.74, 6) is -2.76. The summed E-state index contributed by atoms with van der Waals surface area (Å²) in [7, 11) is -2.04. The topological polar surface area (TPSA) is 105 Å². The number of carbonyl (C=O) groups is 1. The van der Waals surface area contributed by atoms with Crippen molar-refractivity contribution in [3.63, 3.8) is 0 Å². The minimum Gasteiger partial charge on any atom is -0.475 e. The van der Waals surface area contributed by atoms with Crippen LogP contribution in [0.15, 0.2) is 4.90 Å². The monoisotopic (exact) mass is 530 g/mol. The Balaban J connectivity index is 0.000000406. The van der Waals surface area contributed by atoms with Crippen molar-refractivity contribution in [1.82, 2.24) is 19.0 Å². The van der Waals surface area contributed by atoms with Crippen LogP contribution in [0.3, 0.4) is 0 Å². The molecule has 1 aromatic rings. The van der Waals surface area contributed by atoms with Crippen molar-refractivity contribution in [2.45, 2.75) is 68.2 Å². The van der Waals surface area contributed by atoms with Crippen LogP contribution >= 0.6 is 11.6 Å². The molecule has 1 aromatic heterocycles. The van der Waals surface area contributed by atoms with Crippen LogP contribution in [-0.4, -0.2) is 89.1 Å². The fourth-order valence-electron chi connectivity index (χ4n) is 5.12. The maximum Gasteiger partial charge on any atom is 0.490 e. The summed E-state index contributed by atoms with van der Waals surface area (Å²) < 4.78 is 67.9. The first-order valence-electron chi connectivity index (χ1n) is 11.2. The number of aromatic nitrogens is 2. The van der Waals surface area contributed by atoms with Crippen molar-refractivity contribution in [3.05, 3.63) is 10.8 Å². The molecular formula is C20H30ClF3N4O5S. The first kappa shape index (κ1) is 27.2. The average molecular weight is 531 g/mol. The second-order valence-corrected chi connectivity index (χ2v) is 11.1. The largest absolute Gasteiger partial charge is 0.490 e. The average Bonchev–Trinajstić information content (AvgIpc) is 3.36. The Morgan fingerprint density at radius 1 is 1.21 bits per heavy atom. The highest BCUT2D eigenvalue weighted by molar-refractivity contribution is 7.89. The molecule has 3 heterocycles. The molecule has 3 aliphatic rings. The van der Waals surface area contributed by atoms with E-state index < -0.39 is 27.8 Å². The number of halogens is 4. The number of hydrogen-bond acceptors (Lipinski definition) is 6. The Labute approximate surface area is 201 Å². The highest BCUT2D eigenvalue weighted by atomic mass is 35.5. The number of carboxylic acid groups (broad SMARTS) is 1. The normalized spacial score (nSPS) is 26.9. The van der Waals surface area contributed by atoms with Gasteiger partial charge in [-0.15, -0.1) is 0 Å². The lowest BCUT2D eigenvalue weighted by Gasteiger charge is -2.51. The highest BCUT2D eigenvalue weighted by Crippen LogP contribution is 2.40. The lowest BCUT2D eigenvalue weighted by Crippen LogP contribution is -2.64. The van der Waals surface area contributed by atoms with E-state index in [0.717, 1.165) is 32.4 Å². The molecule has 34 heavy (non-hydrogen) atoms. The third-order valence-electron chi connectivity index (χ3n) is 6.63. The molecule has 2 saturated heterocycles. The van der Waals surface area contributed by atoms with E-state index in [1.54, 1.807) is 18.3 Å². The first-order valence-corrected chi connectivity index (χ1v) is 13.0. The van der Waals surface area contributed by atoms with Gasteiger partial charge in [-0.25, -0.2) is 13.2 Å². The van der Waals surface area contributed by atoms with Crippen molar-refractivity contribution >= 4 is 27.6 Å². The van der Waals surface area contributed by atoms with Gasteiger partial charge in [0.1, 0.15) is 10.0 Å². The molecule has 4 rings (SSSR count). The summed E-state index contributed by atoms with van der Waals surface area (Å²) >= 11 is 6.28. The zero-order chi connectivity index (χ0) is 25.3. The molecule has 2 unspecified atom stereocenters. The lowest BCUT2D eigenvalue weighted by atomic mass is 9.78. The van der Waals surface area contributed by atoms with Gasteiger partial charge in [-0.2, -0.15) is 22.6 Å². The van der Waals surface area contributed by atoms with Crippen LogP contribution in [0, 0.1) is 6.92 Å². The van der Waals surface area contributed by atoms with Crippen molar-refractivity contribution in [2.75, 3.05) is 32.8 Å². The Bertz CT molecular complexity index is 993. The SMILES string of the molecule is Cc1nn(C)c(Cl)c1S(=O)(=O)N1CCOC2(CCCCC2N2CCCC2)C1.O=C(O)C(F)(F)F. The van der Waals surface area contributed by atoms with Crippen molar-refractivity contribution in [1.29, 1.82) is 0 Å². The van der Waals surface area contributed by atoms with E-state index in [4.69, 9.17) is 26.2 Å². The second-order valence-electron chi connectivity index (χ2n) is 8.89. The van der Waals surface area contributed by atoms with Gasteiger partial charge in [-0.1, -0.05) is 24.4 Å². The van der Waals surface area contributed by atoms with E-state index in [-0.39, 0.29) is 10.0 Å². The van der Waals surface area contributed by atoms with Crippen LogP contribution in [0.25, 0.3) is 0 Å². The van der Waals surface area contributed by atoms with Crippen LogP contribution < -0.4 is 0 Å². The molecule has 2 aliphatic heterocycles. The van der Waals surface area contributed by atoms with Crippen LogP contribution in [0.4, 0.5) is 13.2 Å². The van der Waals surface area contributed by atoms with Gasteiger partial charge < -0.3 is 9.84 Å². The summed E-state index contributed by atoms with van der Waals surface area (Å²) in [6.07, 6.45) is 1.64. The predicted molar refractivity (Wildman–Crippen MR) is 117 cm³/mol. The quantitative estimate of drug-likeness (QED) is 0.640.